The van der Waals surface area contributed by atoms with Crippen LogP contribution in [0.25, 0.3) is 32.9 Å². The van der Waals surface area contributed by atoms with Gasteiger partial charge in [-0.05, 0) is 66.6 Å². The molecule has 2 aliphatic rings. The first kappa shape index (κ1) is 24.5. The number of carbonyl (C=O) groups is 1. The van der Waals surface area contributed by atoms with E-state index in [0.29, 0.717) is 59.3 Å². The molecular formula is C29H28F2N4O3. The average molecular weight is 519 g/mol. The minimum Gasteiger partial charge on any atom is -0.508 e. The van der Waals surface area contributed by atoms with Gasteiger partial charge in [0, 0.05) is 36.7 Å². The van der Waals surface area contributed by atoms with Gasteiger partial charge in [-0.2, -0.15) is 9.97 Å². The number of phenols is 1. The highest BCUT2D eigenvalue weighted by Gasteiger charge is 2.44. The molecule has 1 aliphatic carbocycles. The molecule has 1 N–H and O–H groups in total. The maximum absolute atomic E-state index is 16.3. The molecule has 0 unspecified atom stereocenters. The van der Waals surface area contributed by atoms with Crippen LogP contribution in [0.4, 0.5) is 14.6 Å². The van der Waals surface area contributed by atoms with Crippen molar-refractivity contribution in [2.24, 2.45) is 5.41 Å². The maximum Gasteiger partial charge on any atom is 0.318 e. The quantitative estimate of drug-likeness (QED) is 0.369. The van der Waals surface area contributed by atoms with Crippen LogP contribution in [-0.2, 0) is 11.2 Å². The van der Waals surface area contributed by atoms with E-state index in [1.165, 1.54) is 31.5 Å². The lowest BCUT2D eigenvalue weighted by Crippen LogP contribution is -2.42. The van der Waals surface area contributed by atoms with Gasteiger partial charge >= 0.3 is 6.01 Å². The van der Waals surface area contributed by atoms with E-state index in [1.54, 1.807) is 6.07 Å². The van der Waals surface area contributed by atoms with Crippen molar-refractivity contribution in [3.8, 4) is 23.0 Å². The summed E-state index contributed by atoms with van der Waals surface area (Å²) in [6, 6.07) is 5.86. The van der Waals surface area contributed by atoms with E-state index in [1.807, 2.05) is 11.8 Å². The Morgan fingerprint density at radius 2 is 1.92 bits per heavy atom. The predicted octanol–water partition coefficient (Wildman–Crippen LogP) is 5.74. The third-order valence-corrected chi connectivity index (χ3v) is 8.26. The second-order valence-corrected chi connectivity index (χ2v) is 10.2. The Hall–Kier alpha value is -3.88. The summed E-state index contributed by atoms with van der Waals surface area (Å²) in [5.41, 5.74) is 0.445. The van der Waals surface area contributed by atoms with E-state index in [-0.39, 0.29) is 33.9 Å². The SMILES string of the molecule is CCc1c(F)ccc2cc(O)cc(-c3ncc4c(N5CCC6(CCCC6=O)CC5)nc(OC)nc4c3F)c12. The van der Waals surface area contributed by atoms with Gasteiger partial charge < -0.3 is 14.7 Å². The first-order valence-electron chi connectivity index (χ1n) is 13.0. The number of ether oxygens (including phenoxy) is 1. The molecule has 38 heavy (non-hydrogen) atoms. The molecule has 4 aromatic rings. The third-order valence-electron chi connectivity index (χ3n) is 8.26. The summed E-state index contributed by atoms with van der Waals surface area (Å²) >= 11 is 0. The van der Waals surface area contributed by atoms with E-state index < -0.39 is 11.6 Å². The Kier molecular flexibility index (Phi) is 5.89. The topological polar surface area (TPSA) is 88.4 Å². The fourth-order valence-electron chi connectivity index (χ4n) is 6.24. The van der Waals surface area contributed by atoms with Crippen LogP contribution in [0.2, 0.25) is 0 Å². The van der Waals surface area contributed by atoms with Crippen LogP contribution in [0, 0.1) is 17.0 Å². The van der Waals surface area contributed by atoms with Gasteiger partial charge in [0.05, 0.1) is 12.5 Å². The number of anilines is 1. The minimum absolute atomic E-state index is 0.0156. The van der Waals surface area contributed by atoms with Gasteiger partial charge in [-0.15, -0.1) is 0 Å². The Balaban J connectivity index is 1.50. The Morgan fingerprint density at radius 1 is 1.13 bits per heavy atom. The molecule has 1 aliphatic heterocycles. The second kappa shape index (κ2) is 9.15. The maximum atomic E-state index is 16.3. The summed E-state index contributed by atoms with van der Waals surface area (Å²) in [5, 5.41) is 11.9. The van der Waals surface area contributed by atoms with Crippen LogP contribution in [0.1, 0.15) is 44.6 Å². The minimum atomic E-state index is -0.706. The number of phenolic OH excluding ortho intramolecular Hbond substituents is 1. The lowest BCUT2D eigenvalue weighted by molar-refractivity contribution is -0.126. The van der Waals surface area contributed by atoms with Crippen LogP contribution in [-0.4, -0.2) is 46.0 Å². The number of aromatic nitrogens is 3. The number of Topliss-reactive ketones (excluding diaryl/α,β-unsaturated/α-hetero) is 1. The monoisotopic (exact) mass is 518 g/mol. The molecule has 0 amide bonds. The molecule has 1 saturated heterocycles. The molecule has 0 atom stereocenters. The second-order valence-electron chi connectivity index (χ2n) is 10.2. The fourth-order valence-corrected chi connectivity index (χ4v) is 6.24. The molecule has 1 saturated carbocycles. The standard InChI is InChI=1S/C29H28F2N4O3/c1-3-18-21(30)7-6-16-13-17(36)14-19(23(16)18)25-24(31)26-20(15-32-25)27(34-28(33-26)38-2)35-11-9-29(10-12-35)8-4-5-22(29)37/h6-7,13-15,36H,3-5,8-12H2,1-2H3. The summed E-state index contributed by atoms with van der Waals surface area (Å²) in [6.45, 7) is 3.05. The van der Waals surface area contributed by atoms with Crippen molar-refractivity contribution in [3.05, 3.63) is 47.7 Å². The van der Waals surface area contributed by atoms with Gasteiger partial charge in [0.25, 0.3) is 0 Å². The number of nitrogens with zero attached hydrogens (tertiary/aromatic N) is 4. The van der Waals surface area contributed by atoms with Crippen molar-refractivity contribution < 1.29 is 23.4 Å². The normalized spacial score (nSPS) is 17.2. The summed E-state index contributed by atoms with van der Waals surface area (Å²) in [4.78, 5) is 27.9. The molecule has 1 spiro atoms. The third kappa shape index (κ3) is 3.75. The first-order chi connectivity index (χ1) is 18.3. The molecule has 0 bridgehead atoms. The smallest absolute Gasteiger partial charge is 0.318 e. The summed E-state index contributed by atoms with van der Waals surface area (Å²) in [6.07, 6.45) is 5.88. The summed E-state index contributed by atoms with van der Waals surface area (Å²) in [5.74, 6) is -0.329. The molecule has 7 nitrogen and oxygen atoms in total. The largest absolute Gasteiger partial charge is 0.508 e. The Labute approximate surface area is 218 Å². The molecule has 9 heteroatoms. The molecule has 3 heterocycles. The number of ketones is 1. The molecule has 2 fully saturated rings. The van der Waals surface area contributed by atoms with E-state index in [9.17, 15) is 14.3 Å². The first-order valence-corrected chi connectivity index (χ1v) is 13.0. The number of hydrogen-bond donors (Lipinski definition) is 1. The van der Waals surface area contributed by atoms with Crippen molar-refractivity contribution in [3.63, 3.8) is 0 Å². The van der Waals surface area contributed by atoms with Gasteiger partial charge in [-0.1, -0.05) is 13.0 Å². The van der Waals surface area contributed by atoms with Crippen molar-refractivity contribution in [1.82, 2.24) is 15.0 Å². The number of methoxy groups -OCH3 is 1. The highest BCUT2D eigenvalue weighted by molar-refractivity contribution is 6.01. The highest BCUT2D eigenvalue weighted by atomic mass is 19.1. The zero-order valence-electron chi connectivity index (χ0n) is 21.4. The van der Waals surface area contributed by atoms with Gasteiger partial charge in [-0.3, -0.25) is 9.78 Å². The van der Waals surface area contributed by atoms with Crippen LogP contribution in [0.5, 0.6) is 11.8 Å². The van der Waals surface area contributed by atoms with Crippen molar-refractivity contribution >= 4 is 33.3 Å². The van der Waals surface area contributed by atoms with E-state index in [2.05, 4.69) is 15.0 Å². The number of carbonyl (C=O) groups excluding carboxylic acids is 1. The summed E-state index contributed by atoms with van der Waals surface area (Å²) < 4.78 is 36.3. The molecule has 196 valence electrons. The van der Waals surface area contributed by atoms with Crippen LogP contribution in [0.15, 0.2) is 30.5 Å². The molecular weight excluding hydrogens is 490 g/mol. The predicted molar refractivity (Wildman–Crippen MR) is 141 cm³/mol. The van der Waals surface area contributed by atoms with Crippen LogP contribution >= 0.6 is 0 Å². The molecule has 2 aromatic carbocycles. The number of aryl methyl sites for hydroxylation is 1. The van der Waals surface area contributed by atoms with Gasteiger partial charge in [0.1, 0.15) is 34.4 Å². The molecule has 6 rings (SSSR count). The molecule has 2 aromatic heterocycles. The van der Waals surface area contributed by atoms with Gasteiger partial charge in [-0.25, -0.2) is 8.78 Å². The lowest BCUT2D eigenvalue weighted by Gasteiger charge is -2.39. The number of benzene rings is 2. The van der Waals surface area contributed by atoms with Gasteiger partial charge in [0.15, 0.2) is 5.82 Å². The highest BCUT2D eigenvalue weighted by Crippen LogP contribution is 2.45. The Bertz CT molecular complexity index is 1600. The fraction of sp³-hybridized carbons (Fsp3) is 0.379. The lowest BCUT2D eigenvalue weighted by atomic mass is 9.76. The molecule has 0 radical (unpaired) electrons. The van der Waals surface area contributed by atoms with Gasteiger partial charge in [0.2, 0.25) is 0 Å². The number of hydrogen-bond acceptors (Lipinski definition) is 7. The average Bonchev–Trinajstić information content (AvgIpc) is 3.27. The number of rotatable bonds is 4. The zero-order chi connectivity index (χ0) is 26.6. The summed E-state index contributed by atoms with van der Waals surface area (Å²) in [7, 11) is 1.42. The number of aromatic hydroxyl groups is 1. The number of fused-ring (bicyclic) bond motifs is 2. The van der Waals surface area contributed by atoms with Crippen molar-refractivity contribution in [1.29, 1.82) is 0 Å². The van der Waals surface area contributed by atoms with E-state index in [4.69, 9.17) is 4.74 Å². The van der Waals surface area contributed by atoms with Crippen molar-refractivity contribution in [2.45, 2.75) is 45.4 Å². The van der Waals surface area contributed by atoms with Crippen LogP contribution < -0.4 is 9.64 Å². The number of halogens is 2. The van der Waals surface area contributed by atoms with E-state index >= 15 is 4.39 Å². The number of piperidine rings is 1. The Morgan fingerprint density at radius 3 is 2.61 bits per heavy atom. The van der Waals surface area contributed by atoms with Crippen LogP contribution in [0.3, 0.4) is 0 Å². The number of pyridine rings is 1. The van der Waals surface area contributed by atoms with Crippen molar-refractivity contribution in [2.75, 3.05) is 25.1 Å². The zero-order valence-corrected chi connectivity index (χ0v) is 21.4. The van der Waals surface area contributed by atoms with E-state index in [0.717, 1.165) is 25.7 Å².